The van der Waals surface area contributed by atoms with Crippen LogP contribution < -0.4 is 14.8 Å². The fraction of sp³-hybridized carbons (Fsp3) is 0.321. The van der Waals surface area contributed by atoms with Crippen molar-refractivity contribution in [2.24, 2.45) is 11.8 Å². The summed E-state index contributed by atoms with van der Waals surface area (Å²) in [4.78, 5) is 23.9. The van der Waals surface area contributed by atoms with Crippen molar-refractivity contribution in [2.45, 2.75) is 43.0 Å². The van der Waals surface area contributed by atoms with E-state index in [1.165, 1.54) is 23.3 Å². The fourth-order valence-corrected chi connectivity index (χ4v) is 6.91. The van der Waals surface area contributed by atoms with Gasteiger partial charge in [-0.25, -0.2) is 0 Å². The molecular weight excluding hydrogens is 556 g/mol. The number of nitrogens with zero attached hydrogens (tertiary/aromatic N) is 2. The van der Waals surface area contributed by atoms with E-state index in [9.17, 15) is 14.7 Å². The normalized spacial score (nSPS) is 17.2. The molecule has 4 aromatic rings. The second kappa shape index (κ2) is 12.3. The number of thiophene rings is 1. The largest absolute Gasteiger partial charge is 0.496 e. The first kappa shape index (κ1) is 27.4. The van der Waals surface area contributed by atoms with Crippen molar-refractivity contribution in [3.05, 3.63) is 70.1 Å². The average molecular weight is 585 g/mol. The van der Waals surface area contributed by atoms with Crippen molar-refractivity contribution >= 4 is 63.5 Å². The van der Waals surface area contributed by atoms with Gasteiger partial charge >= 0.3 is 5.97 Å². The van der Waals surface area contributed by atoms with Crippen LogP contribution in [0.25, 0.3) is 10.9 Å². The van der Waals surface area contributed by atoms with E-state index in [-0.39, 0.29) is 17.7 Å². The molecule has 204 valence electrons. The number of amides is 1. The van der Waals surface area contributed by atoms with Crippen LogP contribution in [0.3, 0.4) is 0 Å². The van der Waals surface area contributed by atoms with Gasteiger partial charge in [0.15, 0.2) is 5.82 Å². The van der Waals surface area contributed by atoms with Crippen molar-refractivity contribution in [3.8, 4) is 5.75 Å². The molecule has 1 amide bonds. The molecule has 1 aliphatic carbocycles. The van der Waals surface area contributed by atoms with Crippen LogP contribution >= 0.6 is 34.9 Å². The van der Waals surface area contributed by atoms with Crippen molar-refractivity contribution in [3.63, 3.8) is 0 Å². The van der Waals surface area contributed by atoms with E-state index in [2.05, 4.69) is 16.1 Å². The quantitative estimate of drug-likeness (QED) is 0.184. The van der Waals surface area contributed by atoms with E-state index in [0.717, 1.165) is 36.3 Å². The van der Waals surface area contributed by atoms with Crippen molar-refractivity contribution < 1.29 is 19.4 Å². The average Bonchev–Trinajstić information content (AvgIpc) is 3.53. The summed E-state index contributed by atoms with van der Waals surface area (Å²) in [6, 6.07) is 17.8. The molecule has 0 bridgehead atoms. The molecule has 0 spiro atoms. The van der Waals surface area contributed by atoms with Crippen molar-refractivity contribution in [1.82, 2.24) is 15.1 Å². The van der Waals surface area contributed by atoms with Crippen LogP contribution in [0.4, 0.5) is 5.82 Å². The predicted molar refractivity (Wildman–Crippen MR) is 156 cm³/mol. The van der Waals surface area contributed by atoms with Crippen LogP contribution in [0.5, 0.6) is 5.75 Å². The highest BCUT2D eigenvalue weighted by Crippen LogP contribution is 2.37. The number of halogens is 1. The lowest BCUT2D eigenvalue weighted by atomic mass is 9.81. The van der Waals surface area contributed by atoms with E-state index in [1.807, 2.05) is 53.2 Å². The number of anilines is 1. The minimum Gasteiger partial charge on any atom is -0.496 e. The maximum atomic E-state index is 12.7. The molecule has 0 radical (unpaired) electrons. The van der Waals surface area contributed by atoms with Gasteiger partial charge in [0, 0.05) is 12.5 Å². The van der Waals surface area contributed by atoms with E-state index in [0.29, 0.717) is 44.6 Å². The summed E-state index contributed by atoms with van der Waals surface area (Å²) in [6.45, 7) is 0.966. The molecule has 1 aliphatic rings. The summed E-state index contributed by atoms with van der Waals surface area (Å²) in [7, 11) is 1.65. The zero-order valence-corrected chi connectivity index (χ0v) is 23.7. The molecule has 11 heteroatoms. The Hall–Kier alpha value is -3.21. The number of nitrogens with one attached hydrogen (secondary N) is 2. The summed E-state index contributed by atoms with van der Waals surface area (Å²) in [6.07, 6.45) is 2.35. The van der Waals surface area contributed by atoms with Gasteiger partial charge in [0.2, 0.25) is 5.91 Å². The van der Waals surface area contributed by atoms with Crippen molar-refractivity contribution in [1.29, 1.82) is 0 Å². The molecule has 0 atom stereocenters. The molecule has 0 saturated heterocycles. The van der Waals surface area contributed by atoms with E-state index in [1.54, 1.807) is 7.11 Å². The summed E-state index contributed by atoms with van der Waals surface area (Å²) in [5.74, 6) is 0.228. The Balaban J connectivity index is 1.27. The third-order valence-electron chi connectivity index (χ3n) is 6.99. The lowest BCUT2D eigenvalue weighted by Crippen LogP contribution is -2.34. The highest BCUT2D eigenvalue weighted by molar-refractivity contribution is 8.02. The monoisotopic (exact) mass is 584 g/mol. The Morgan fingerprint density at radius 1 is 1.10 bits per heavy atom. The fourth-order valence-electron chi connectivity index (χ4n) is 4.96. The topological polar surface area (TPSA) is 105 Å². The number of methoxy groups -OCH3 is 1. The zero-order valence-electron chi connectivity index (χ0n) is 21.4. The van der Waals surface area contributed by atoms with Gasteiger partial charge in [-0.15, -0.1) is 11.3 Å². The molecule has 2 heterocycles. The first-order valence-corrected chi connectivity index (χ1v) is 14.7. The summed E-state index contributed by atoms with van der Waals surface area (Å²) in [5, 5.41) is 18.0. The molecule has 5 rings (SSSR count). The number of aromatic nitrogens is 2. The second-order valence-corrected chi connectivity index (χ2v) is 12.4. The Kier molecular flexibility index (Phi) is 8.64. The number of rotatable bonds is 10. The number of carbonyl (C=O) groups excluding carboxylic acids is 1. The summed E-state index contributed by atoms with van der Waals surface area (Å²) >= 11 is 9.03. The van der Waals surface area contributed by atoms with Crippen LogP contribution in [-0.4, -0.2) is 33.9 Å². The SMILES string of the molecule is COc1cccc2c1c(NSc1ccc(Cl)s1)nn2Cc1cccc(CNC(=O)C2CCC(C(=O)O)CC2)c1. The Bertz CT molecular complexity index is 1480. The molecular formula is C28H29ClN4O4S2. The van der Waals surface area contributed by atoms with Gasteiger partial charge in [0.1, 0.15) is 5.75 Å². The maximum Gasteiger partial charge on any atom is 0.306 e. The number of fused-ring (bicyclic) bond motifs is 1. The maximum absolute atomic E-state index is 12.7. The lowest BCUT2D eigenvalue weighted by Gasteiger charge is -2.25. The van der Waals surface area contributed by atoms with Crippen LogP contribution in [0, 0.1) is 11.8 Å². The number of benzene rings is 2. The number of carboxylic acid groups (broad SMARTS) is 1. The highest BCUT2D eigenvalue weighted by atomic mass is 35.5. The van der Waals surface area contributed by atoms with Crippen molar-refractivity contribution in [2.75, 3.05) is 11.8 Å². The molecule has 3 N–H and O–H groups in total. The zero-order chi connectivity index (χ0) is 27.4. The van der Waals surface area contributed by atoms with Gasteiger partial charge in [-0.1, -0.05) is 41.9 Å². The molecule has 1 fully saturated rings. The van der Waals surface area contributed by atoms with Gasteiger partial charge in [0.05, 0.1) is 39.0 Å². The van der Waals surface area contributed by atoms with Gasteiger partial charge in [-0.2, -0.15) is 5.10 Å². The first-order valence-electron chi connectivity index (χ1n) is 12.7. The number of carboxylic acids is 1. The standard InChI is InChI=1S/C28H29ClN4O4S2/c1-37-22-7-3-6-21-25(22)26(32-39-24-13-12-23(29)38-24)31-33(21)16-18-5-2-4-17(14-18)15-30-27(34)19-8-10-20(11-9-19)28(35)36/h2-7,12-14,19-20H,8-11,15-16H2,1H3,(H,30,34)(H,31,32)(H,35,36). The van der Waals surface area contributed by atoms with Crippen LogP contribution in [0.15, 0.2) is 58.8 Å². The predicted octanol–water partition coefficient (Wildman–Crippen LogP) is 6.43. The van der Waals surface area contributed by atoms with Gasteiger partial charge in [0.25, 0.3) is 0 Å². The van der Waals surface area contributed by atoms with Crippen LogP contribution in [0.1, 0.15) is 36.8 Å². The molecule has 0 unspecified atom stereocenters. The number of carbonyl (C=O) groups is 2. The van der Waals surface area contributed by atoms with Crippen LogP contribution in [0.2, 0.25) is 4.34 Å². The molecule has 2 aromatic heterocycles. The summed E-state index contributed by atoms with van der Waals surface area (Å²) in [5.41, 5.74) is 3.00. The highest BCUT2D eigenvalue weighted by Gasteiger charge is 2.29. The first-order chi connectivity index (χ1) is 18.9. The molecule has 1 saturated carbocycles. The Labute approximate surface area is 239 Å². The van der Waals surface area contributed by atoms with Gasteiger partial charge < -0.3 is 19.9 Å². The molecule has 39 heavy (non-hydrogen) atoms. The third kappa shape index (κ3) is 6.51. The second-order valence-electron chi connectivity index (χ2n) is 9.55. The van der Waals surface area contributed by atoms with E-state index >= 15 is 0 Å². The number of aliphatic carboxylic acids is 1. The number of ether oxygens (including phenoxy) is 1. The van der Waals surface area contributed by atoms with Gasteiger partial charge in [-0.3, -0.25) is 14.3 Å². The summed E-state index contributed by atoms with van der Waals surface area (Å²) < 4.78 is 12.7. The Morgan fingerprint density at radius 2 is 1.85 bits per heavy atom. The minimum absolute atomic E-state index is 0.00495. The number of hydrogen-bond donors (Lipinski definition) is 3. The van der Waals surface area contributed by atoms with E-state index < -0.39 is 5.97 Å². The van der Waals surface area contributed by atoms with E-state index in [4.69, 9.17) is 21.4 Å². The Morgan fingerprint density at radius 3 is 2.56 bits per heavy atom. The third-order valence-corrected chi connectivity index (χ3v) is 9.15. The molecule has 0 aliphatic heterocycles. The minimum atomic E-state index is -0.761. The number of hydrogen-bond acceptors (Lipinski definition) is 7. The van der Waals surface area contributed by atoms with Gasteiger partial charge in [-0.05, 0) is 73.0 Å². The molecule has 2 aromatic carbocycles. The molecule has 8 nitrogen and oxygen atoms in total. The lowest BCUT2D eigenvalue weighted by molar-refractivity contribution is -0.144. The smallest absolute Gasteiger partial charge is 0.306 e. The van der Waals surface area contributed by atoms with Crippen LogP contribution in [-0.2, 0) is 22.7 Å².